The van der Waals surface area contributed by atoms with Gasteiger partial charge in [0.1, 0.15) is 0 Å². The molecule has 5 heteroatoms. The minimum Gasteiger partial charge on any atom is -0.335 e. The Labute approximate surface area is 148 Å². The van der Waals surface area contributed by atoms with Gasteiger partial charge in [0.05, 0.1) is 6.04 Å². The van der Waals surface area contributed by atoms with Gasteiger partial charge in [-0.25, -0.2) is 4.79 Å². The summed E-state index contributed by atoms with van der Waals surface area (Å²) in [5.41, 5.74) is 1.11. The van der Waals surface area contributed by atoms with Crippen LogP contribution < -0.4 is 10.6 Å². The molecule has 1 aromatic carbocycles. The zero-order valence-electron chi connectivity index (χ0n) is 14.3. The highest BCUT2D eigenvalue weighted by Gasteiger charge is 2.21. The van der Waals surface area contributed by atoms with Crippen molar-refractivity contribution >= 4 is 22.0 Å². The maximum atomic E-state index is 12.2. The van der Waals surface area contributed by atoms with E-state index in [9.17, 15) is 4.79 Å². The van der Waals surface area contributed by atoms with Crippen molar-refractivity contribution in [3.63, 3.8) is 0 Å². The van der Waals surface area contributed by atoms with E-state index in [1.807, 2.05) is 31.2 Å². The molecule has 0 unspecified atom stereocenters. The molecule has 128 valence electrons. The predicted octanol–water partition coefficient (Wildman–Crippen LogP) is 3.93. The van der Waals surface area contributed by atoms with E-state index in [0.717, 1.165) is 42.5 Å². The first-order valence-corrected chi connectivity index (χ1v) is 9.28. The van der Waals surface area contributed by atoms with Crippen LogP contribution >= 0.6 is 15.9 Å². The van der Waals surface area contributed by atoms with Crippen LogP contribution in [-0.2, 0) is 0 Å². The zero-order chi connectivity index (χ0) is 16.8. The summed E-state index contributed by atoms with van der Waals surface area (Å²) in [4.78, 5) is 14.7. The first-order chi connectivity index (χ1) is 10.9. The molecule has 23 heavy (non-hydrogen) atoms. The van der Waals surface area contributed by atoms with E-state index in [1.54, 1.807) is 0 Å². The van der Waals surface area contributed by atoms with Crippen molar-refractivity contribution in [3.8, 4) is 0 Å². The zero-order valence-corrected chi connectivity index (χ0v) is 15.9. The summed E-state index contributed by atoms with van der Waals surface area (Å²) in [5, 5.41) is 6.15. The maximum absolute atomic E-state index is 12.2. The van der Waals surface area contributed by atoms with E-state index in [1.165, 1.54) is 0 Å². The van der Waals surface area contributed by atoms with Gasteiger partial charge in [-0.3, -0.25) is 0 Å². The third kappa shape index (κ3) is 6.15. The van der Waals surface area contributed by atoms with Gasteiger partial charge in [-0.15, -0.1) is 0 Å². The number of likely N-dealkylation sites (tertiary alicyclic amines) is 1. The standard InChI is InChI=1S/C18H28BrN3O/c1-13(2)12-22-10-8-17(9-11-22)21-18(23)20-14(3)15-4-6-16(19)7-5-15/h4-7,13-14,17H,8-12H2,1-3H3,(H2,20,21,23)/t14-/m1/s1. The number of halogens is 1. The van der Waals surface area contributed by atoms with Crippen molar-refractivity contribution in [2.75, 3.05) is 19.6 Å². The summed E-state index contributed by atoms with van der Waals surface area (Å²) in [6.07, 6.45) is 2.07. The minimum atomic E-state index is -0.0669. The fourth-order valence-electron chi connectivity index (χ4n) is 3.03. The van der Waals surface area contributed by atoms with E-state index in [4.69, 9.17) is 0 Å². The van der Waals surface area contributed by atoms with Crippen LogP contribution in [0.25, 0.3) is 0 Å². The van der Waals surface area contributed by atoms with Crippen molar-refractivity contribution in [2.24, 2.45) is 5.92 Å². The molecule has 0 saturated carbocycles. The van der Waals surface area contributed by atoms with Gasteiger partial charge in [0.15, 0.2) is 0 Å². The molecule has 0 aliphatic carbocycles. The Morgan fingerprint density at radius 1 is 1.22 bits per heavy atom. The van der Waals surface area contributed by atoms with Crippen molar-refractivity contribution in [2.45, 2.75) is 45.7 Å². The molecule has 1 aliphatic heterocycles. The summed E-state index contributed by atoms with van der Waals surface area (Å²) < 4.78 is 1.05. The summed E-state index contributed by atoms with van der Waals surface area (Å²) in [5.74, 6) is 0.703. The average Bonchev–Trinajstić information content (AvgIpc) is 2.49. The molecule has 1 fully saturated rings. The van der Waals surface area contributed by atoms with Gasteiger partial charge in [0.25, 0.3) is 0 Å². The van der Waals surface area contributed by atoms with Crippen LogP contribution in [0.4, 0.5) is 4.79 Å². The second-order valence-electron chi connectivity index (χ2n) is 6.86. The number of hydrogen-bond donors (Lipinski definition) is 2. The fraction of sp³-hybridized carbons (Fsp3) is 0.611. The monoisotopic (exact) mass is 381 g/mol. The van der Waals surface area contributed by atoms with Gasteiger partial charge in [-0.2, -0.15) is 0 Å². The summed E-state index contributed by atoms with van der Waals surface area (Å²) in [7, 11) is 0. The molecule has 2 rings (SSSR count). The molecule has 2 amide bonds. The van der Waals surface area contributed by atoms with Crippen LogP contribution in [0.5, 0.6) is 0 Å². The number of nitrogens with one attached hydrogen (secondary N) is 2. The molecule has 0 bridgehead atoms. The molecule has 1 atom stereocenters. The number of rotatable bonds is 5. The molecule has 4 nitrogen and oxygen atoms in total. The van der Waals surface area contributed by atoms with Crippen LogP contribution in [0, 0.1) is 5.92 Å². The highest BCUT2D eigenvalue weighted by Crippen LogP contribution is 2.17. The molecule has 2 N–H and O–H groups in total. The summed E-state index contributed by atoms with van der Waals surface area (Å²) in [6.45, 7) is 9.81. The van der Waals surface area contributed by atoms with Crippen LogP contribution in [-0.4, -0.2) is 36.6 Å². The van der Waals surface area contributed by atoms with Gasteiger partial charge in [-0.05, 0) is 43.4 Å². The lowest BCUT2D eigenvalue weighted by Gasteiger charge is -2.33. The first-order valence-electron chi connectivity index (χ1n) is 8.49. The lowest BCUT2D eigenvalue weighted by Crippen LogP contribution is -2.48. The highest BCUT2D eigenvalue weighted by molar-refractivity contribution is 9.10. The number of benzene rings is 1. The number of piperidine rings is 1. The van der Waals surface area contributed by atoms with E-state index in [0.29, 0.717) is 5.92 Å². The number of urea groups is 1. The normalized spacial score (nSPS) is 18.0. The van der Waals surface area contributed by atoms with Crippen LogP contribution in [0.3, 0.4) is 0 Å². The summed E-state index contributed by atoms with van der Waals surface area (Å²) >= 11 is 3.43. The van der Waals surface area contributed by atoms with Gasteiger partial charge in [-0.1, -0.05) is 41.9 Å². The Kier molecular flexibility index (Phi) is 6.90. The second-order valence-corrected chi connectivity index (χ2v) is 7.78. The first kappa shape index (κ1) is 18.3. The van der Waals surface area contributed by atoms with Gasteiger partial charge in [0.2, 0.25) is 0 Å². The Balaban J connectivity index is 1.74. The van der Waals surface area contributed by atoms with E-state index in [2.05, 4.69) is 45.3 Å². The molecule has 1 heterocycles. The summed E-state index contributed by atoms with van der Waals surface area (Å²) in [6, 6.07) is 8.27. The van der Waals surface area contributed by atoms with E-state index in [-0.39, 0.29) is 18.1 Å². The van der Waals surface area contributed by atoms with Crippen molar-refractivity contribution < 1.29 is 4.79 Å². The van der Waals surface area contributed by atoms with Crippen LogP contribution in [0.15, 0.2) is 28.7 Å². The molecule has 0 aromatic heterocycles. The number of amides is 2. The Bertz CT molecular complexity index is 495. The second kappa shape index (κ2) is 8.69. The van der Waals surface area contributed by atoms with Crippen molar-refractivity contribution in [3.05, 3.63) is 34.3 Å². The SMILES string of the molecule is CC(C)CN1CCC(NC(=O)N[C@H](C)c2ccc(Br)cc2)CC1. The van der Waals surface area contributed by atoms with E-state index < -0.39 is 0 Å². The molecule has 0 radical (unpaired) electrons. The molecular weight excluding hydrogens is 354 g/mol. The molecule has 0 spiro atoms. The fourth-order valence-corrected chi connectivity index (χ4v) is 3.30. The van der Waals surface area contributed by atoms with Crippen LogP contribution in [0.2, 0.25) is 0 Å². The predicted molar refractivity (Wildman–Crippen MR) is 98.5 cm³/mol. The number of carbonyl (C=O) groups excluding carboxylic acids is 1. The average molecular weight is 382 g/mol. The number of nitrogens with zero attached hydrogens (tertiary/aromatic N) is 1. The van der Waals surface area contributed by atoms with Crippen molar-refractivity contribution in [1.29, 1.82) is 0 Å². The highest BCUT2D eigenvalue weighted by atomic mass is 79.9. The smallest absolute Gasteiger partial charge is 0.315 e. The minimum absolute atomic E-state index is 0.00382. The molecule has 1 saturated heterocycles. The van der Waals surface area contributed by atoms with Gasteiger partial charge < -0.3 is 15.5 Å². The lowest BCUT2D eigenvalue weighted by molar-refractivity contribution is 0.177. The number of hydrogen-bond acceptors (Lipinski definition) is 2. The maximum Gasteiger partial charge on any atom is 0.315 e. The van der Waals surface area contributed by atoms with Crippen molar-refractivity contribution in [1.82, 2.24) is 15.5 Å². The molecular formula is C18H28BrN3O. The van der Waals surface area contributed by atoms with Crippen LogP contribution in [0.1, 0.15) is 45.2 Å². The Morgan fingerprint density at radius 3 is 2.39 bits per heavy atom. The Hall–Kier alpha value is -1.07. The third-order valence-corrected chi connectivity index (χ3v) is 4.79. The molecule has 1 aromatic rings. The third-order valence-electron chi connectivity index (χ3n) is 4.26. The lowest BCUT2D eigenvalue weighted by atomic mass is 10.0. The Morgan fingerprint density at radius 2 is 1.83 bits per heavy atom. The molecule has 1 aliphatic rings. The van der Waals surface area contributed by atoms with Gasteiger partial charge >= 0.3 is 6.03 Å². The topological polar surface area (TPSA) is 44.4 Å². The van der Waals surface area contributed by atoms with E-state index >= 15 is 0 Å². The quantitative estimate of drug-likeness (QED) is 0.811. The largest absolute Gasteiger partial charge is 0.335 e. The number of carbonyl (C=O) groups is 1. The van der Waals surface area contributed by atoms with Gasteiger partial charge in [0, 0.05) is 30.1 Å².